The standard InChI is InChI=1S/C12H15NO2.C2HF3O2/c1-13-12(7-8-12)11(14)15-9-10-5-3-2-4-6-10;3-2(4,5)1(6)7/h2-6,13H,7-9H2,1H3;(H,6,7). The number of alkyl halides is 3. The maximum atomic E-state index is 11.6. The van der Waals surface area contributed by atoms with E-state index in [2.05, 4.69) is 5.32 Å². The number of nitrogens with one attached hydrogen (secondary N) is 1. The van der Waals surface area contributed by atoms with Gasteiger partial charge in [-0.2, -0.15) is 13.2 Å². The second kappa shape index (κ2) is 7.26. The van der Waals surface area contributed by atoms with Crippen LogP contribution in [0.4, 0.5) is 13.2 Å². The molecule has 2 rings (SSSR count). The summed E-state index contributed by atoms with van der Waals surface area (Å²) in [5.41, 5.74) is 0.646. The Kier molecular flexibility index (Phi) is 5.92. The van der Waals surface area contributed by atoms with Gasteiger partial charge in [0, 0.05) is 0 Å². The zero-order valence-electron chi connectivity index (χ0n) is 11.8. The maximum absolute atomic E-state index is 11.6. The summed E-state index contributed by atoms with van der Waals surface area (Å²) in [7, 11) is 1.80. The van der Waals surface area contributed by atoms with Crippen molar-refractivity contribution in [1.82, 2.24) is 5.32 Å². The normalized spacial score (nSPS) is 15.3. The topological polar surface area (TPSA) is 75.6 Å². The summed E-state index contributed by atoms with van der Waals surface area (Å²) in [6.07, 6.45) is -3.31. The van der Waals surface area contributed by atoms with Gasteiger partial charge in [0.05, 0.1) is 0 Å². The van der Waals surface area contributed by atoms with Crippen molar-refractivity contribution < 1.29 is 32.6 Å². The molecular formula is C14H16F3NO4. The number of carbonyl (C=O) groups is 2. The first-order chi connectivity index (χ1) is 10.2. The lowest BCUT2D eigenvalue weighted by Crippen LogP contribution is -2.37. The second-order valence-electron chi connectivity index (χ2n) is 4.70. The molecule has 0 radical (unpaired) electrons. The third-order valence-electron chi connectivity index (χ3n) is 3.07. The van der Waals surface area contributed by atoms with Crippen LogP contribution in [0, 0.1) is 0 Å². The van der Waals surface area contributed by atoms with Gasteiger partial charge in [-0.15, -0.1) is 0 Å². The second-order valence-corrected chi connectivity index (χ2v) is 4.70. The van der Waals surface area contributed by atoms with Gasteiger partial charge < -0.3 is 15.2 Å². The number of carbonyl (C=O) groups excluding carboxylic acids is 1. The summed E-state index contributed by atoms with van der Waals surface area (Å²) in [6, 6.07) is 9.72. The van der Waals surface area contributed by atoms with Crippen LogP contribution < -0.4 is 5.32 Å². The third kappa shape index (κ3) is 5.36. The molecule has 1 aromatic rings. The number of ether oxygens (including phenoxy) is 1. The highest BCUT2D eigenvalue weighted by atomic mass is 19.4. The third-order valence-corrected chi connectivity index (χ3v) is 3.07. The number of hydrogen-bond donors (Lipinski definition) is 2. The van der Waals surface area contributed by atoms with Crippen molar-refractivity contribution >= 4 is 11.9 Å². The molecule has 0 bridgehead atoms. The average Bonchev–Trinajstić information content (AvgIpc) is 3.26. The Morgan fingerprint density at radius 2 is 1.77 bits per heavy atom. The number of halogens is 3. The number of carboxylic acid groups (broad SMARTS) is 1. The molecule has 5 nitrogen and oxygen atoms in total. The van der Waals surface area contributed by atoms with E-state index in [0.717, 1.165) is 18.4 Å². The van der Waals surface area contributed by atoms with Crippen LogP contribution in [-0.4, -0.2) is 35.8 Å². The lowest BCUT2D eigenvalue weighted by molar-refractivity contribution is -0.192. The van der Waals surface area contributed by atoms with Gasteiger partial charge in [0.25, 0.3) is 0 Å². The summed E-state index contributed by atoms with van der Waals surface area (Å²) in [4.78, 5) is 20.5. The predicted molar refractivity (Wildman–Crippen MR) is 71.0 cm³/mol. The minimum absolute atomic E-state index is 0.131. The van der Waals surface area contributed by atoms with E-state index in [4.69, 9.17) is 14.6 Å². The van der Waals surface area contributed by atoms with Gasteiger partial charge in [-0.3, -0.25) is 4.79 Å². The van der Waals surface area contributed by atoms with Gasteiger partial charge in [-0.1, -0.05) is 30.3 Å². The van der Waals surface area contributed by atoms with Gasteiger partial charge in [-0.25, -0.2) is 4.79 Å². The number of benzene rings is 1. The van der Waals surface area contributed by atoms with Crippen LogP contribution in [-0.2, 0) is 20.9 Å². The molecule has 1 saturated carbocycles. The van der Waals surface area contributed by atoms with E-state index in [-0.39, 0.29) is 11.5 Å². The molecule has 122 valence electrons. The molecule has 0 heterocycles. The van der Waals surface area contributed by atoms with E-state index in [1.807, 2.05) is 30.3 Å². The Morgan fingerprint density at radius 1 is 1.27 bits per heavy atom. The first-order valence-electron chi connectivity index (χ1n) is 6.41. The van der Waals surface area contributed by atoms with Crippen molar-refractivity contribution in [2.24, 2.45) is 0 Å². The molecule has 1 fully saturated rings. The smallest absolute Gasteiger partial charge is 0.475 e. The SMILES string of the molecule is CNC1(C(=O)OCc2ccccc2)CC1.O=C(O)C(F)(F)F. The Morgan fingerprint density at radius 3 is 2.14 bits per heavy atom. The van der Waals surface area contributed by atoms with Crippen molar-refractivity contribution in [3.8, 4) is 0 Å². The average molecular weight is 319 g/mol. The number of rotatable bonds is 4. The highest BCUT2D eigenvalue weighted by Gasteiger charge is 2.50. The summed E-state index contributed by atoms with van der Waals surface area (Å²) >= 11 is 0. The zero-order valence-corrected chi connectivity index (χ0v) is 11.8. The molecule has 1 aromatic carbocycles. The fourth-order valence-electron chi connectivity index (χ4n) is 1.54. The van der Waals surface area contributed by atoms with Crippen LogP contribution in [0.15, 0.2) is 30.3 Å². The van der Waals surface area contributed by atoms with E-state index in [1.165, 1.54) is 0 Å². The molecule has 22 heavy (non-hydrogen) atoms. The van der Waals surface area contributed by atoms with E-state index < -0.39 is 12.1 Å². The quantitative estimate of drug-likeness (QED) is 0.832. The van der Waals surface area contributed by atoms with Crippen molar-refractivity contribution in [3.05, 3.63) is 35.9 Å². The maximum Gasteiger partial charge on any atom is 0.490 e. The van der Waals surface area contributed by atoms with Crippen molar-refractivity contribution in [1.29, 1.82) is 0 Å². The molecule has 8 heteroatoms. The molecule has 0 unspecified atom stereocenters. The molecule has 0 aliphatic heterocycles. The van der Waals surface area contributed by atoms with Gasteiger partial charge in [0.1, 0.15) is 12.1 Å². The molecule has 0 amide bonds. The number of hydrogen-bond acceptors (Lipinski definition) is 4. The molecule has 1 aliphatic rings. The van der Waals surface area contributed by atoms with Crippen molar-refractivity contribution in [2.75, 3.05) is 7.05 Å². The van der Waals surface area contributed by atoms with Gasteiger partial charge >= 0.3 is 18.1 Å². The monoisotopic (exact) mass is 319 g/mol. The largest absolute Gasteiger partial charge is 0.490 e. The molecule has 0 aromatic heterocycles. The van der Waals surface area contributed by atoms with Crippen LogP contribution >= 0.6 is 0 Å². The molecule has 2 N–H and O–H groups in total. The van der Waals surface area contributed by atoms with Crippen molar-refractivity contribution in [3.63, 3.8) is 0 Å². The molecule has 0 saturated heterocycles. The first-order valence-corrected chi connectivity index (χ1v) is 6.41. The fraction of sp³-hybridized carbons (Fsp3) is 0.429. The van der Waals surface area contributed by atoms with E-state index in [9.17, 15) is 18.0 Å². The fourth-order valence-corrected chi connectivity index (χ4v) is 1.54. The van der Waals surface area contributed by atoms with Gasteiger partial charge in [-0.05, 0) is 25.5 Å². The highest BCUT2D eigenvalue weighted by molar-refractivity contribution is 5.84. The Labute approximate surface area is 125 Å². The number of aliphatic carboxylic acids is 1. The molecule has 0 atom stereocenters. The lowest BCUT2D eigenvalue weighted by atomic mass is 10.2. The van der Waals surface area contributed by atoms with E-state index >= 15 is 0 Å². The van der Waals surface area contributed by atoms with E-state index in [0.29, 0.717) is 6.61 Å². The number of esters is 1. The minimum Gasteiger partial charge on any atom is -0.475 e. The van der Waals surface area contributed by atoms with Crippen LogP contribution in [0.25, 0.3) is 0 Å². The summed E-state index contributed by atoms with van der Waals surface area (Å²) < 4.78 is 37.0. The van der Waals surface area contributed by atoms with E-state index in [1.54, 1.807) is 7.05 Å². The Bertz CT molecular complexity index is 513. The Hall–Kier alpha value is -2.09. The lowest BCUT2D eigenvalue weighted by Gasteiger charge is -2.12. The first kappa shape index (κ1) is 18.0. The predicted octanol–water partition coefficient (Wildman–Crippen LogP) is 2.12. The molecule has 1 aliphatic carbocycles. The summed E-state index contributed by atoms with van der Waals surface area (Å²) in [6.45, 7) is 0.364. The van der Waals surface area contributed by atoms with Crippen LogP contribution in [0.5, 0.6) is 0 Å². The number of likely N-dealkylation sites (N-methyl/N-ethyl adjacent to an activating group) is 1. The van der Waals surface area contributed by atoms with Crippen LogP contribution in [0.1, 0.15) is 18.4 Å². The highest BCUT2D eigenvalue weighted by Crippen LogP contribution is 2.36. The number of carboxylic acids is 1. The van der Waals surface area contributed by atoms with Crippen LogP contribution in [0.2, 0.25) is 0 Å². The molecular weight excluding hydrogens is 303 g/mol. The molecule has 0 spiro atoms. The van der Waals surface area contributed by atoms with Crippen LogP contribution in [0.3, 0.4) is 0 Å². The Balaban J connectivity index is 0.000000295. The van der Waals surface area contributed by atoms with Crippen molar-refractivity contribution in [2.45, 2.75) is 31.2 Å². The zero-order chi connectivity index (χ0) is 16.8. The minimum atomic E-state index is -5.08. The summed E-state index contributed by atoms with van der Waals surface area (Å²) in [5.74, 6) is -2.89. The van der Waals surface area contributed by atoms with Gasteiger partial charge in [0.2, 0.25) is 0 Å². The van der Waals surface area contributed by atoms with Gasteiger partial charge in [0.15, 0.2) is 0 Å². The summed E-state index contributed by atoms with van der Waals surface area (Å²) in [5, 5.41) is 10.1.